The normalized spacial score (nSPS) is 26.8. The van der Waals surface area contributed by atoms with Crippen LogP contribution < -0.4 is 5.73 Å². The molecule has 2 fully saturated rings. The maximum atomic E-state index is 6.10. The van der Waals surface area contributed by atoms with E-state index in [-0.39, 0.29) is 5.41 Å². The van der Waals surface area contributed by atoms with Gasteiger partial charge in [0.1, 0.15) is 0 Å². The maximum absolute atomic E-state index is 6.10. The van der Waals surface area contributed by atoms with Gasteiger partial charge in [-0.1, -0.05) is 43.2 Å². The van der Waals surface area contributed by atoms with Crippen molar-refractivity contribution in [1.82, 2.24) is 4.90 Å². The van der Waals surface area contributed by atoms with E-state index < -0.39 is 0 Å². The molecule has 1 aliphatic heterocycles. The first kappa shape index (κ1) is 14.1. The number of nitrogens with zero attached hydrogens (tertiary/aromatic N) is 1. The van der Waals surface area contributed by atoms with Crippen LogP contribution in [-0.4, -0.2) is 37.2 Å². The molecule has 1 aliphatic carbocycles. The van der Waals surface area contributed by atoms with E-state index in [1.165, 1.54) is 31.2 Å². The zero-order chi connectivity index (χ0) is 13.8. The Morgan fingerprint density at radius 2 is 1.95 bits per heavy atom. The molecule has 1 aromatic rings. The Morgan fingerprint density at radius 1 is 1.20 bits per heavy atom. The molecule has 20 heavy (non-hydrogen) atoms. The summed E-state index contributed by atoms with van der Waals surface area (Å²) in [5.41, 5.74) is 7.73. The topological polar surface area (TPSA) is 38.5 Å². The van der Waals surface area contributed by atoms with Gasteiger partial charge in [0.25, 0.3) is 0 Å². The van der Waals surface area contributed by atoms with Crippen LogP contribution in [0.2, 0.25) is 0 Å². The number of hydrogen-bond donors (Lipinski definition) is 1. The molecular weight excluding hydrogens is 248 g/mol. The molecule has 0 aromatic heterocycles. The summed E-state index contributed by atoms with van der Waals surface area (Å²) in [7, 11) is 0. The van der Waals surface area contributed by atoms with Crippen LogP contribution in [0.4, 0.5) is 0 Å². The minimum absolute atomic E-state index is 0.245. The minimum Gasteiger partial charge on any atom is -0.375 e. The summed E-state index contributed by atoms with van der Waals surface area (Å²) in [6.45, 7) is 4.72. The highest BCUT2D eigenvalue weighted by Crippen LogP contribution is 2.42. The summed E-state index contributed by atoms with van der Waals surface area (Å²) in [5.74, 6) is 0. The SMILES string of the molecule is NCC1(C2CN(Cc3ccccc3)CCO2)CCCC1. The van der Waals surface area contributed by atoms with E-state index in [2.05, 4.69) is 35.2 Å². The van der Waals surface area contributed by atoms with Gasteiger partial charge in [-0.25, -0.2) is 0 Å². The summed E-state index contributed by atoms with van der Waals surface area (Å²) in [6.07, 6.45) is 5.44. The second kappa shape index (κ2) is 6.25. The number of rotatable bonds is 4. The Morgan fingerprint density at radius 3 is 2.65 bits per heavy atom. The Labute approximate surface area is 122 Å². The molecule has 3 nitrogen and oxygen atoms in total. The molecule has 2 N–H and O–H groups in total. The predicted octanol–water partition coefficient (Wildman–Crippen LogP) is 2.41. The smallest absolute Gasteiger partial charge is 0.0770 e. The molecule has 1 saturated heterocycles. The van der Waals surface area contributed by atoms with Crippen molar-refractivity contribution in [3.63, 3.8) is 0 Å². The predicted molar refractivity (Wildman–Crippen MR) is 81.4 cm³/mol. The summed E-state index contributed by atoms with van der Waals surface area (Å²) in [4.78, 5) is 2.53. The maximum Gasteiger partial charge on any atom is 0.0770 e. The molecule has 0 bridgehead atoms. The fraction of sp³-hybridized carbons (Fsp3) is 0.647. The van der Waals surface area contributed by atoms with Gasteiger partial charge in [-0.2, -0.15) is 0 Å². The van der Waals surface area contributed by atoms with E-state index in [0.717, 1.165) is 32.8 Å². The highest BCUT2D eigenvalue weighted by atomic mass is 16.5. The third-order valence-corrected chi connectivity index (χ3v) is 5.09. The lowest BCUT2D eigenvalue weighted by Gasteiger charge is -2.42. The van der Waals surface area contributed by atoms with Gasteiger partial charge in [0.05, 0.1) is 12.7 Å². The number of benzene rings is 1. The average Bonchev–Trinajstić information content (AvgIpc) is 2.99. The van der Waals surface area contributed by atoms with Crippen LogP contribution in [0.5, 0.6) is 0 Å². The van der Waals surface area contributed by atoms with Crippen molar-refractivity contribution < 1.29 is 4.74 Å². The Bertz CT molecular complexity index is 414. The van der Waals surface area contributed by atoms with Crippen LogP contribution in [0.1, 0.15) is 31.2 Å². The second-order valence-corrected chi connectivity index (χ2v) is 6.35. The molecule has 1 heterocycles. The lowest BCUT2D eigenvalue weighted by molar-refractivity contribution is -0.0939. The lowest BCUT2D eigenvalue weighted by Crippen LogP contribution is -2.52. The lowest BCUT2D eigenvalue weighted by atomic mass is 9.79. The van der Waals surface area contributed by atoms with E-state index in [9.17, 15) is 0 Å². The second-order valence-electron chi connectivity index (χ2n) is 6.35. The van der Waals surface area contributed by atoms with Crippen LogP contribution in [0, 0.1) is 5.41 Å². The van der Waals surface area contributed by atoms with Crippen molar-refractivity contribution in [3.05, 3.63) is 35.9 Å². The summed E-state index contributed by atoms with van der Waals surface area (Å²) >= 11 is 0. The summed E-state index contributed by atoms with van der Waals surface area (Å²) in [6, 6.07) is 10.7. The number of ether oxygens (including phenoxy) is 1. The van der Waals surface area contributed by atoms with Crippen molar-refractivity contribution in [2.24, 2.45) is 11.1 Å². The first-order valence-electron chi connectivity index (χ1n) is 7.90. The largest absolute Gasteiger partial charge is 0.375 e. The van der Waals surface area contributed by atoms with Gasteiger partial charge in [-0.3, -0.25) is 4.90 Å². The molecule has 1 unspecified atom stereocenters. The Kier molecular flexibility index (Phi) is 4.39. The van der Waals surface area contributed by atoms with Crippen molar-refractivity contribution in [2.75, 3.05) is 26.2 Å². The van der Waals surface area contributed by atoms with E-state index in [4.69, 9.17) is 10.5 Å². The Balaban J connectivity index is 1.64. The van der Waals surface area contributed by atoms with Crippen LogP contribution in [0.25, 0.3) is 0 Å². The molecule has 3 rings (SSSR count). The van der Waals surface area contributed by atoms with Gasteiger partial charge < -0.3 is 10.5 Å². The first-order valence-corrected chi connectivity index (χ1v) is 7.90. The molecule has 0 amide bonds. The van der Waals surface area contributed by atoms with Gasteiger partial charge in [0.15, 0.2) is 0 Å². The third kappa shape index (κ3) is 2.90. The molecule has 0 radical (unpaired) electrons. The highest BCUT2D eigenvalue weighted by Gasteiger charge is 2.42. The molecule has 1 atom stereocenters. The molecule has 0 spiro atoms. The van der Waals surface area contributed by atoms with E-state index in [1.807, 2.05) is 0 Å². The van der Waals surface area contributed by atoms with Crippen molar-refractivity contribution >= 4 is 0 Å². The zero-order valence-electron chi connectivity index (χ0n) is 12.3. The number of nitrogens with two attached hydrogens (primary N) is 1. The Hall–Kier alpha value is -0.900. The van der Waals surface area contributed by atoms with Crippen LogP contribution in [0.3, 0.4) is 0 Å². The van der Waals surface area contributed by atoms with Gasteiger partial charge >= 0.3 is 0 Å². The van der Waals surface area contributed by atoms with Crippen molar-refractivity contribution in [2.45, 2.75) is 38.3 Å². The van der Waals surface area contributed by atoms with E-state index in [0.29, 0.717) is 6.10 Å². The minimum atomic E-state index is 0.245. The molecule has 1 aromatic carbocycles. The van der Waals surface area contributed by atoms with Crippen LogP contribution >= 0.6 is 0 Å². The van der Waals surface area contributed by atoms with Crippen LogP contribution in [-0.2, 0) is 11.3 Å². The monoisotopic (exact) mass is 274 g/mol. The molecule has 3 heteroatoms. The van der Waals surface area contributed by atoms with E-state index in [1.54, 1.807) is 0 Å². The standard InChI is InChI=1S/C17H26N2O/c18-14-17(8-4-5-9-17)16-13-19(10-11-20-16)12-15-6-2-1-3-7-15/h1-3,6-7,16H,4-5,8-14,18H2. The van der Waals surface area contributed by atoms with Crippen LogP contribution in [0.15, 0.2) is 30.3 Å². The quantitative estimate of drug-likeness (QED) is 0.916. The summed E-state index contributed by atoms with van der Waals surface area (Å²) < 4.78 is 6.10. The number of morpholine rings is 1. The first-order chi connectivity index (χ1) is 9.82. The van der Waals surface area contributed by atoms with Gasteiger partial charge in [0.2, 0.25) is 0 Å². The van der Waals surface area contributed by atoms with Gasteiger partial charge in [0, 0.05) is 31.6 Å². The fourth-order valence-corrected chi connectivity index (χ4v) is 3.79. The molecular formula is C17H26N2O. The number of hydrogen-bond acceptors (Lipinski definition) is 3. The zero-order valence-corrected chi connectivity index (χ0v) is 12.3. The summed E-state index contributed by atoms with van der Waals surface area (Å²) in [5, 5.41) is 0. The van der Waals surface area contributed by atoms with Gasteiger partial charge in [-0.15, -0.1) is 0 Å². The highest BCUT2D eigenvalue weighted by molar-refractivity contribution is 5.14. The van der Waals surface area contributed by atoms with Gasteiger partial charge in [-0.05, 0) is 18.4 Å². The molecule has 110 valence electrons. The molecule has 1 saturated carbocycles. The fourth-order valence-electron chi connectivity index (χ4n) is 3.79. The van der Waals surface area contributed by atoms with Crippen molar-refractivity contribution in [1.29, 1.82) is 0 Å². The molecule has 2 aliphatic rings. The van der Waals surface area contributed by atoms with Crippen molar-refractivity contribution in [3.8, 4) is 0 Å². The third-order valence-electron chi connectivity index (χ3n) is 5.09. The van der Waals surface area contributed by atoms with E-state index >= 15 is 0 Å². The average molecular weight is 274 g/mol.